The van der Waals surface area contributed by atoms with Gasteiger partial charge in [0, 0.05) is 6.04 Å². The largest absolute Gasteiger partial charge is 0.469 e. The molecule has 0 radical (unpaired) electrons. The summed E-state index contributed by atoms with van der Waals surface area (Å²) in [7, 11) is 1.39. The van der Waals surface area contributed by atoms with Gasteiger partial charge in [-0.2, -0.15) is 0 Å². The van der Waals surface area contributed by atoms with E-state index in [1.807, 2.05) is 26.0 Å². The third-order valence-electron chi connectivity index (χ3n) is 3.37. The second kappa shape index (κ2) is 6.01. The maximum atomic E-state index is 11.7. The lowest BCUT2D eigenvalue weighted by molar-refractivity contribution is -0.152. The quantitative estimate of drug-likeness (QED) is 0.816. The zero-order valence-electron chi connectivity index (χ0n) is 11.7. The molecule has 100 valence electrons. The van der Waals surface area contributed by atoms with Gasteiger partial charge in [-0.3, -0.25) is 4.79 Å². The number of hydrogen-bond acceptors (Lipinski definition) is 3. The zero-order chi connectivity index (χ0) is 13.8. The number of aryl methyl sites for hydroxylation is 1. The van der Waals surface area contributed by atoms with Gasteiger partial charge in [0.05, 0.1) is 12.5 Å². The predicted molar refractivity (Wildman–Crippen MR) is 73.2 cm³/mol. The average molecular weight is 249 g/mol. The number of hydrogen-bond donors (Lipinski definition) is 1. The Balaban J connectivity index is 2.89. The average Bonchev–Trinajstić information content (AvgIpc) is 2.38. The van der Waals surface area contributed by atoms with E-state index in [0.717, 1.165) is 18.4 Å². The molecule has 0 amide bonds. The van der Waals surface area contributed by atoms with E-state index in [1.54, 1.807) is 0 Å². The van der Waals surface area contributed by atoms with Crippen LogP contribution < -0.4 is 5.73 Å². The maximum Gasteiger partial charge on any atom is 0.313 e. The Morgan fingerprint density at radius 2 is 1.89 bits per heavy atom. The van der Waals surface area contributed by atoms with Gasteiger partial charge in [0.1, 0.15) is 0 Å². The van der Waals surface area contributed by atoms with E-state index in [0.29, 0.717) is 0 Å². The van der Waals surface area contributed by atoms with Crippen LogP contribution >= 0.6 is 0 Å². The molecule has 18 heavy (non-hydrogen) atoms. The van der Waals surface area contributed by atoms with E-state index in [2.05, 4.69) is 19.1 Å². The number of rotatable bonds is 5. The Morgan fingerprint density at radius 3 is 2.33 bits per heavy atom. The van der Waals surface area contributed by atoms with Gasteiger partial charge in [-0.25, -0.2) is 0 Å². The number of nitrogens with two attached hydrogens (primary N) is 1. The molecule has 0 saturated heterocycles. The van der Waals surface area contributed by atoms with Crippen LogP contribution in [0.1, 0.15) is 44.4 Å². The van der Waals surface area contributed by atoms with Crippen LogP contribution in [0.2, 0.25) is 0 Å². The van der Waals surface area contributed by atoms with Crippen LogP contribution in [0, 0.1) is 5.41 Å². The molecule has 0 aliphatic heterocycles. The lowest BCUT2D eigenvalue weighted by Gasteiger charge is -2.29. The van der Waals surface area contributed by atoms with E-state index in [4.69, 9.17) is 10.5 Å². The molecule has 0 fully saturated rings. The van der Waals surface area contributed by atoms with E-state index >= 15 is 0 Å². The molecule has 0 aromatic heterocycles. The normalized spacial score (nSPS) is 13.2. The van der Waals surface area contributed by atoms with Crippen molar-refractivity contribution < 1.29 is 9.53 Å². The Hall–Kier alpha value is -1.35. The molecule has 3 heteroatoms. The van der Waals surface area contributed by atoms with E-state index in [1.165, 1.54) is 12.7 Å². The molecule has 0 aliphatic carbocycles. The molecule has 0 bridgehead atoms. The summed E-state index contributed by atoms with van der Waals surface area (Å²) in [5.74, 6) is -0.285. The number of methoxy groups -OCH3 is 1. The third-order valence-corrected chi connectivity index (χ3v) is 3.37. The first-order valence-electron chi connectivity index (χ1n) is 6.36. The van der Waals surface area contributed by atoms with Crippen LogP contribution in [0.15, 0.2) is 24.3 Å². The summed E-state index contributed by atoms with van der Waals surface area (Å²) < 4.78 is 4.80. The minimum Gasteiger partial charge on any atom is -0.469 e. The molecule has 3 nitrogen and oxygen atoms in total. The fourth-order valence-electron chi connectivity index (χ4n) is 1.99. The summed E-state index contributed by atoms with van der Waals surface area (Å²) in [6, 6.07) is 7.79. The van der Waals surface area contributed by atoms with Crippen molar-refractivity contribution in [1.82, 2.24) is 0 Å². The van der Waals surface area contributed by atoms with Crippen molar-refractivity contribution in [3.63, 3.8) is 0 Å². The highest BCUT2D eigenvalue weighted by Gasteiger charge is 2.36. The zero-order valence-corrected chi connectivity index (χ0v) is 11.7. The van der Waals surface area contributed by atoms with Crippen molar-refractivity contribution in [2.45, 2.75) is 39.7 Å². The number of carbonyl (C=O) groups is 1. The first kappa shape index (κ1) is 14.7. The second-order valence-corrected chi connectivity index (χ2v) is 5.18. The fourth-order valence-corrected chi connectivity index (χ4v) is 1.99. The monoisotopic (exact) mass is 249 g/mol. The molecule has 1 atom stereocenters. The molecule has 1 rings (SSSR count). The van der Waals surface area contributed by atoms with Gasteiger partial charge in [0.15, 0.2) is 0 Å². The molecular weight excluding hydrogens is 226 g/mol. The van der Waals surface area contributed by atoms with Gasteiger partial charge in [-0.15, -0.1) is 0 Å². The van der Waals surface area contributed by atoms with Crippen molar-refractivity contribution in [3.8, 4) is 0 Å². The van der Waals surface area contributed by atoms with Crippen molar-refractivity contribution >= 4 is 5.97 Å². The summed E-state index contributed by atoms with van der Waals surface area (Å²) in [4.78, 5) is 11.7. The van der Waals surface area contributed by atoms with Gasteiger partial charge < -0.3 is 10.5 Å². The second-order valence-electron chi connectivity index (χ2n) is 5.18. The predicted octanol–water partition coefficient (Wildman–Crippen LogP) is 2.84. The van der Waals surface area contributed by atoms with Crippen molar-refractivity contribution in [3.05, 3.63) is 35.4 Å². The molecule has 1 aromatic carbocycles. The highest BCUT2D eigenvalue weighted by molar-refractivity contribution is 5.77. The van der Waals surface area contributed by atoms with Gasteiger partial charge in [0.25, 0.3) is 0 Å². The van der Waals surface area contributed by atoms with Crippen molar-refractivity contribution in [2.24, 2.45) is 11.1 Å². The van der Waals surface area contributed by atoms with E-state index in [9.17, 15) is 4.79 Å². The smallest absolute Gasteiger partial charge is 0.313 e. The summed E-state index contributed by atoms with van der Waals surface area (Å²) in [6.45, 7) is 5.77. The van der Waals surface area contributed by atoms with Crippen molar-refractivity contribution in [2.75, 3.05) is 7.11 Å². The number of carbonyl (C=O) groups excluding carboxylic acids is 1. The van der Waals surface area contributed by atoms with Gasteiger partial charge >= 0.3 is 5.97 Å². The molecule has 2 N–H and O–H groups in total. The number of benzene rings is 1. The molecule has 0 aliphatic rings. The lowest BCUT2D eigenvalue weighted by atomic mass is 9.81. The summed E-state index contributed by atoms with van der Waals surface area (Å²) in [5.41, 5.74) is 7.71. The van der Waals surface area contributed by atoms with Gasteiger partial charge in [-0.05, 0) is 31.4 Å². The highest BCUT2D eigenvalue weighted by atomic mass is 16.5. The van der Waals surface area contributed by atoms with Crippen LogP contribution in [0.25, 0.3) is 0 Å². The van der Waals surface area contributed by atoms with E-state index in [-0.39, 0.29) is 12.0 Å². The summed E-state index contributed by atoms with van der Waals surface area (Å²) in [5, 5.41) is 0. The first-order chi connectivity index (χ1) is 8.43. The summed E-state index contributed by atoms with van der Waals surface area (Å²) in [6.07, 6.45) is 2.19. The minimum absolute atomic E-state index is 0.285. The molecule has 0 heterocycles. The highest BCUT2D eigenvalue weighted by Crippen LogP contribution is 2.32. The van der Waals surface area contributed by atoms with Gasteiger partial charge in [0.2, 0.25) is 0 Å². The Kier molecular flexibility index (Phi) is 4.91. The van der Waals surface area contributed by atoms with Crippen LogP contribution in [0.3, 0.4) is 0 Å². The Bertz CT molecular complexity index is 395. The van der Waals surface area contributed by atoms with Crippen molar-refractivity contribution in [1.29, 1.82) is 0 Å². The topological polar surface area (TPSA) is 52.3 Å². The van der Waals surface area contributed by atoms with Crippen LogP contribution in [0.4, 0.5) is 0 Å². The van der Waals surface area contributed by atoms with E-state index < -0.39 is 5.41 Å². The third kappa shape index (κ3) is 3.10. The van der Waals surface area contributed by atoms with Crippen LogP contribution in [-0.4, -0.2) is 13.1 Å². The molecule has 1 unspecified atom stereocenters. The molecule has 1 aromatic rings. The standard InChI is InChI=1S/C15H23NO2/c1-5-6-11-7-9-12(10-8-11)13(16)15(2,3)14(17)18-4/h7-10,13H,5-6,16H2,1-4H3. The molecule has 0 saturated carbocycles. The lowest BCUT2D eigenvalue weighted by Crippen LogP contribution is -2.37. The minimum atomic E-state index is -0.721. The van der Waals surface area contributed by atoms with Crippen LogP contribution in [-0.2, 0) is 16.0 Å². The number of ether oxygens (including phenoxy) is 1. The SMILES string of the molecule is CCCc1ccc(C(N)C(C)(C)C(=O)OC)cc1. The fraction of sp³-hybridized carbons (Fsp3) is 0.533. The van der Waals surface area contributed by atoms with Gasteiger partial charge in [-0.1, -0.05) is 37.6 Å². The maximum absolute atomic E-state index is 11.7. The molecule has 0 spiro atoms. The Labute approximate surface area is 109 Å². The first-order valence-corrected chi connectivity index (χ1v) is 6.36. The Morgan fingerprint density at radius 1 is 1.33 bits per heavy atom. The van der Waals surface area contributed by atoms with Crippen LogP contribution in [0.5, 0.6) is 0 Å². The summed E-state index contributed by atoms with van der Waals surface area (Å²) >= 11 is 0. The number of esters is 1. The molecular formula is C15H23NO2.